The molecule has 0 amide bonds. The van der Waals surface area contributed by atoms with E-state index in [2.05, 4.69) is 202 Å². The van der Waals surface area contributed by atoms with Crippen molar-refractivity contribution in [3.8, 4) is 55.6 Å². The first-order chi connectivity index (χ1) is 28.1. The number of hydrogen-bond donors (Lipinski definition) is 0. The van der Waals surface area contributed by atoms with Crippen molar-refractivity contribution in [1.82, 2.24) is 0 Å². The second kappa shape index (κ2) is 13.2. The van der Waals surface area contributed by atoms with E-state index in [0.29, 0.717) is 0 Å². The van der Waals surface area contributed by atoms with Crippen LogP contribution in [0.25, 0.3) is 110 Å². The van der Waals surface area contributed by atoms with E-state index in [1.165, 1.54) is 99.1 Å². The number of aryl methyl sites for hydroxylation is 2. The third-order valence-corrected chi connectivity index (χ3v) is 12.0. The summed E-state index contributed by atoms with van der Waals surface area (Å²) in [5.74, 6) is 0. The van der Waals surface area contributed by atoms with Crippen LogP contribution < -0.4 is 0 Å². The van der Waals surface area contributed by atoms with Crippen LogP contribution in [-0.2, 0) is 0 Å². The lowest BCUT2D eigenvalue weighted by atomic mass is 9.84. The minimum Gasteiger partial charge on any atom is -0.456 e. The van der Waals surface area contributed by atoms with Crippen molar-refractivity contribution in [3.63, 3.8) is 0 Å². The number of benzene rings is 10. The van der Waals surface area contributed by atoms with Crippen LogP contribution >= 0.6 is 0 Å². The molecule has 0 unspecified atom stereocenters. The smallest absolute Gasteiger partial charge is 0.138 e. The van der Waals surface area contributed by atoms with Crippen LogP contribution in [0.15, 0.2) is 199 Å². The van der Waals surface area contributed by atoms with E-state index < -0.39 is 0 Å². The summed E-state index contributed by atoms with van der Waals surface area (Å²) in [5, 5.41) is 9.84. The van der Waals surface area contributed by atoms with Gasteiger partial charge in [-0.2, -0.15) is 0 Å². The number of furan rings is 1. The Morgan fingerprint density at radius 2 is 0.842 bits per heavy atom. The molecule has 1 nitrogen and oxygen atoms in total. The lowest BCUT2D eigenvalue weighted by Gasteiger charge is -2.19. The molecular weight excluding hydrogens is 689 g/mol. The van der Waals surface area contributed by atoms with Gasteiger partial charge < -0.3 is 4.42 Å². The van der Waals surface area contributed by atoms with Crippen molar-refractivity contribution < 1.29 is 4.42 Å². The largest absolute Gasteiger partial charge is 0.456 e. The van der Waals surface area contributed by atoms with Gasteiger partial charge in [0.1, 0.15) is 11.2 Å². The van der Waals surface area contributed by atoms with Gasteiger partial charge in [-0.1, -0.05) is 164 Å². The molecule has 1 heteroatoms. The predicted octanol–water partition coefficient (Wildman–Crippen LogP) is 16.0. The van der Waals surface area contributed by atoms with E-state index in [4.69, 9.17) is 4.42 Å². The molecule has 57 heavy (non-hydrogen) atoms. The van der Waals surface area contributed by atoms with E-state index >= 15 is 0 Å². The Labute approximate surface area is 332 Å². The van der Waals surface area contributed by atoms with E-state index in [0.717, 1.165) is 21.9 Å². The summed E-state index contributed by atoms with van der Waals surface area (Å²) in [5.41, 5.74) is 16.5. The Morgan fingerprint density at radius 3 is 1.54 bits per heavy atom. The fourth-order valence-electron chi connectivity index (χ4n) is 9.23. The van der Waals surface area contributed by atoms with E-state index in [1.54, 1.807) is 0 Å². The molecule has 0 saturated carbocycles. The Morgan fingerprint density at radius 1 is 0.316 bits per heavy atom. The second-order valence-corrected chi connectivity index (χ2v) is 15.3. The number of rotatable bonds is 5. The van der Waals surface area contributed by atoms with Crippen molar-refractivity contribution in [1.29, 1.82) is 0 Å². The molecule has 0 atom stereocenters. The Hall–Kier alpha value is -7.22. The molecule has 1 aromatic heterocycles. The third kappa shape index (κ3) is 5.39. The molecule has 0 fully saturated rings. The first kappa shape index (κ1) is 33.1. The third-order valence-electron chi connectivity index (χ3n) is 12.0. The quantitative estimate of drug-likeness (QED) is 0.161. The van der Waals surface area contributed by atoms with Gasteiger partial charge in [-0.25, -0.2) is 0 Å². The second-order valence-electron chi connectivity index (χ2n) is 15.3. The monoisotopic (exact) mass is 726 g/mol. The standard InChI is InChI=1S/C56H38O/c1-35-28-29-39(34-52(35)43-30-31-51-46-21-9-10-27-53(46)57-56(51)36(43)2)38-16-11-18-41(32-38)54-47-22-5-7-24-49(47)55(50-25-8-6-23-48(50)54)42-19-12-17-40(33-42)45-26-13-15-37-14-3-4-20-44(37)45/h3-34H,1-2H3. The summed E-state index contributed by atoms with van der Waals surface area (Å²) in [4.78, 5) is 0. The molecule has 268 valence electrons. The van der Waals surface area contributed by atoms with Gasteiger partial charge in [0.15, 0.2) is 0 Å². The maximum absolute atomic E-state index is 6.41. The molecule has 0 aliphatic heterocycles. The van der Waals surface area contributed by atoms with Crippen LogP contribution in [0.3, 0.4) is 0 Å². The molecule has 0 radical (unpaired) electrons. The predicted molar refractivity (Wildman–Crippen MR) is 243 cm³/mol. The highest BCUT2D eigenvalue weighted by Gasteiger charge is 2.19. The SMILES string of the molecule is Cc1ccc(-c2cccc(-c3c4ccccc4c(-c4cccc(-c5cccc6ccccc56)c4)c4ccccc34)c2)cc1-c1ccc2c(oc3ccccc32)c1C. The lowest BCUT2D eigenvalue weighted by Crippen LogP contribution is -1.92. The molecule has 0 saturated heterocycles. The van der Waals surface area contributed by atoms with E-state index in [1.807, 2.05) is 6.07 Å². The highest BCUT2D eigenvalue weighted by atomic mass is 16.3. The maximum Gasteiger partial charge on any atom is 0.138 e. The summed E-state index contributed by atoms with van der Waals surface area (Å²) in [6.45, 7) is 4.39. The zero-order valence-electron chi connectivity index (χ0n) is 31.9. The van der Waals surface area contributed by atoms with Crippen LogP contribution in [0.5, 0.6) is 0 Å². The van der Waals surface area contributed by atoms with E-state index in [9.17, 15) is 0 Å². The first-order valence-electron chi connectivity index (χ1n) is 19.8. The Kier molecular flexibility index (Phi) is 7.69. The molecule has 0 aliphatic carbocycles. The Bertz CT molecular complexity index is 3320. The summed E-state index contributed by atoms with van der Waals surface area (Å²) in [6, 6.07) is 71.0. The zero-order chi connectivity index (χ0) is 38.0. The number of hydrogen-bond acceptors (Lipinski definition) is 1. The van der Waals surface area contributed by atoms with E-state index in [-0.39, 0.29) is 0 Å². The lowest BCUT2D eigenvalue weighted by molar-refractivity contribution is 0.666. The highest BCUT2D eigenvalue weighted by molar-refractivity contribution is 6.21. The van der Waals surface area contributed by atoms with Gasteiger partial charge in [-0.05, 0) is 138 Å². The molecule has 0 N–H and O–H groups in total. The van der Waals surface area contributed by atoms with Crippen LogP contribution in [0.4, 0.5) is 0 Å². The molecule has 11 aromatic rings. The summed E-state index contributed by atoms with van der Waals surface area (Å²) in [7, 11) is 0. The summed E-state index contributed by atoms with van der Waals surface area (Å²) in [6.07, 6.45) is 0. The van der Waals surface area contributed by atoms with Crippen LogP contribution in [0.1, 0.15) is 11.1 Å². The topological polar surface area (TPSA) is 13.1 Å². The van der Waals surface area contributed by atoms with Gasteiger partial charge in [0.05, 0.1) is 0 Å². The fourth-order valence-corrected chi connectivity index (χ4v) is 9.23. The average Bonchev–Trinajstić information content (AvgIpc) is 3.65. The first-order valence-corrected chi connectivity index (χ1v) is 19.8. The van der Waals surface area contributed by atoms with Gasteiger partial charge in [-0.3, -0.25) is 0 Å². The van der Waals surface area contributed by atoms with Gasteiger partial charge in [0.25, 0.3) is 0 Å². The Balaban J connectivity index is 1.06. The molecule has 0 bridgehead atoms. The molecule has 1 heterocycles. The number of fused-ring (bicyclic) bond motifs is 6. The van der Waals surface area contributed by atoms with Crippen molar-refractivity contribution in [2.45, 2.75) is 13.8 Å². The van der Waals surface area contributed by atoms with Crippen molar-refractivity contribution in [2.24, 2.45) is 0 Å². The van der Waals surface area contributed by atoms with Gasteiger partial charge in [0.2, 0.25) is 0 Å². The van der Waals surface area contributed by atoms with Gasteiger partial charge in [0, 0.05) is 16.3 Å². The van der Waals surface area contributed by atoms with Gasteiger partial charge in [-0.15, -0.1) is 0 Å². The van der Waals surface area contributed by atoms with Crippen molar-refractivity contribution >= 4 is 54.3 Å². The molecule has 0 spiro atoms. The average molecular weight is 727 g/mol. The molecule has 11 rings (SSSR count). The number of para-hydroxylation sites is 1. The molecule has 0 aliphatic rings. The minimum atomic E-state index is 0.928. The van der Waals surface area contributed by atoms with Crippen molar-refractivity contribution in [3.05, 3.63) is 205 Å². The minimum absolute atomic E-state index is 0.928. The highest BCUT2D eigenvalue weighted by Crippen LogP contribution is 2.45. The fraction of sp³-hybridized carbons (Fsp3) is 0.0357. The van der Waals surface area contributed by atoms with Crippen LogP contribution in [0.2, 0.25) is 0 Å². The van der Waals surface area contributed by atoms with Gasteiger partial charge >= 0.3 is 0 Å². The molecule has 10 aromatic carbocycles. The van der Waals surface area contributed by atoms with Crippen LogP contribution in [0, 0.1) is 13.8 Å². The molecular formula is C56H38O. The summed E-state index contributed by atoms with van der Waals surface area (Å²) < 4.78 is 6.41. The zero-order valence-corrected chi connectivity index (χ0v) is 31.9. The van der Waals surface area contributed by atoms with Crippen LogP contribution in [-0.4, -0.2) is 0 Å². The summed E-state index contributed by atoms with van der Waals surface area (Å²) >= 11 is 0. The normalized spacial score (nSPS) is 11.7. The van der Waals surface area contributed by atoms with Crippen molar-refractivity contribution in [2.75, 3.05) is 0 Å². The maximum atomic E-state index is 6.41.